The number of nitrogens with two attached hydrogens (primary N) is 1. The molecule has 6 heteroatoms. The Morgan fingerprint density at radius 1 is 1.33 bits per heavy atom. The highest BCUT2D eigenvalue weighted by Gasteiger charge is 2.38. The minimum absolute atomic E-state index is 0.107. The number of sulfonamides is 1. The Morgan fingerprint density at radius 2 is 2.00 bits per heavy atom. The molecule has 2 rings (SSSR count). The lowest BCUT2D eigenvalue weighted by atomic mass is 9.80. The minimum Gasteiger partial charge on any atom is -0.495 e. The van der Waals surface area contributed by atoms with Crippen LogP contribution in [-0.2, 0) is 10.0 Å². The Balaban J connectivity index is 2.32. The van der Waals surface area contributed by atoms with Gasteiger partial charge in [0.05, 0.1) is 7.11 Å². The molecule has 21 heavy (non-hydrogen) atoms. The molecule has 1 aliphatic rings. The Morgan fingerprint density at radius 3 is 2.52 bits per heavy atom. The molecule has 1 heterocycles. The molecule has 1 fully saturated rings. The van der Waals surface area contributed by atoms with Crippen LogP contribution in [0.2, 0.25) is 0 Å². The highest BCUT2D eigenvalue weighted by molar-refractivity contribution is 7.89. The van der Waals surface area contributed by atoms with Gasteiger partial charge in [-0.2, -0.15) is 4.31 Å². The summed E-state index contributed by atoms with van der Waals surface area (Å²) in [5.41, 5.74) is 6.28. The van der Waals surface area contributed by atoms with Gasteiger partial charge in [-0.25, -0.2) is 8.42 Å². The summed E-state index contributed by atoms with van der Waals surface area (Å²) >= 11 is 0. The van der Waals surface area contributed by atoms with E-state index in [4.69, 9.17) is 10.5 Å². The Kier molecular flexibility index (Phi) is 4.22. The normalized spacial score (nSPS) is 20.7. The molecule has 1 aromatic rings. The average molecular weight is 312 g/mol. The van der Waals surface area contributed by atoms with Crippen LogP contribution >= 0.6 is 0 Å². The summed E-state index contributed by atoms with van der Waals surface area (Å²) in [6.07, 6.45) is 0.889. The monoisotopic (exact) mass is 312 g/mol. The number of ether oxygens (including phenoxy) is 1. The van der Waals surface area contributed by atoms with E-state index >= 15 is 0 Å². The van der Waals surface area contributed by atoms with Crippen LogP contribution in [0.5, 0.6) is 5.75 Å². The lowest BCUT2D eigenvalue weighted by molar-refractivity contribution is 0.251. The van der Waals surface area contributed by atoms with Crippen molar-refractivity contribution in [2.75, 3.05) is 25.9 Å². The van der Waals surface area contributed by atoms with Crippen molar-refractivity contribution < 1.29 is 13.2 Å². The summed E-state index contributed by atoms with van der Waals surface area (Å²) in [7, 11) is -2.08. The molecule has 1 saturated heterocycles. The lowest BCUT2D eigenvalue weighted by Gasteiger charge is -2.27. The molecule has 0 aromatic heterocycles. The largest absolute Gasteiger partial charge is 0.495 e. The van der Waals surface area contributed by atoms with Gasteiger partial charge in [0, 0.05) is 24.8 Å². The molecule has 0 saturated carbocycles. The van der Waals surface area contributed by atoms with Crippen molar-refractivity contribution in [3.63, 3.8) is 0 Å². The fraction of sp³-hybridized carbons (Fsp3) is 0.600. The van der Waals surface area contributed by atoms with Gasteiger partial charge in [0.2, 0.25) is 10.0 Å². The summed E-state index contributed by atoms with van der Waals surface area (Å²) in [6.45, 7) is 7.56. The van der Waals surface area contributed by atoms with E-state index in [0.717, 1.165) is 6.42 Å². The van der Waals surface area contributed by atoms with E-state index in [1.54, 1.807) is 16.4 Å². The van der Waals surface area contributed by atoms with Gasteiger partial charge in [-0.15, -0.1) is 0 Å². The number of nitrogen functional groups attached to an aromatic ring is 1. The molecule has 1 aliphatic heterocycles. The quantitative estimate of drug-likeness (QED) is 0.870. The van der Waals surface area contributed by atoms with Crippen LogP contribution in [0.4, 0.5) is 5.69 Å². The van der Waals surface area contributed by atoms with Crippen LogP contribution in [0.1, 0.15) is 27.2 Å². The van der Waals surface area contributed by atoms with E-state index in [2.05, 4.69) is 20.8 Å². The van der Waals surface area contributed by atoms with Crippen LogP contribution < -0.4 is 10.5 Å². The molecule has 2 N–H and O–H groups in total. The number of anilines is 1. The molecule has 5 nitrogen and oxygen atoms in total. The first-order chi connectivity index (χ1) is 9.66. The highest BCUT2D eigenvalue weighted by Crippen LogP contribution is 2.37. The van der Waals surface area contributed by atoms with Crippen molar-refractivity contribution in [2.45, 2.75) is 32.1 Å². The van der Waals surface area contributed by atoms with Crippen LogP contribution in [0, 0.1) is 11.3 Å². The van der Waals surface area contributed by atoms with E-state index < -0.39 is 10.0 Å². The predicted octanol–water partition coefficient (Wildman–Crippen LogP) is 2.33. The van der Waals surface area contributed by atoms with Crippen molar-refractivity contribution in [2.24, 2.45) is 11.3 Å². The third-order valence-corrected chi connectivity index (χ3v) is 6.09. The summed E-state index contributed by atoms with van der Waals surface area (Å²) in [5.74, 6) is 0.668. The summed E-state index contributed by atoms with van der Waals surface area (Å²) < 4.78 is 32.3. The van der Waals surface area contributed by atoms with Crippen molar-refractivity contribution in [1.29, 1.82) is 0 Å². The SMILES string of the molecule is COc1cc(N)ccc1S(=O)(=O)N1CCC(C(C)(C)C)C1. The zero-order valence-electron chi connectivity index (χ0n) is 13.1. The first kappa shape index (κ1) is 16.1. The first-order valence-electron chi connectivity index (χ1n) is 7.10. The number of hydrogen-bond acceptors (Lipinski definition) is 4. The van der Waals surface area contributed by atoms with Crippen molar-refractivity contribution in [1.82, 2.24) is 4.31 Å². The number of benzene rings is 1. The highest BCUT2D eigenvalue weighted by atomic mass is 32.2. The van der Waals surface area contributed by atoms with Crippen molar-refractivity contribution >= 4 is 15.7 Å². The molecular formula is C15H24N2O3S. The van der Waals surface area contributed by atoms with Gasteiger partial charge in [0.1, 0.15) is 10.6 Å². The van der Waals surface area contributed by atoms with E-state index in [1.807, 2.05) is 0 Å². The van der Waals surface area contributed by atoms with E-state index in [-0.39, 0.29) is 10.3 Å². The van der Waals surface area contributed by atoms with Gasteiger partial charge in [-0.1, -0.05) is 20.8 Å². The Hall–Kier alpha value is -1.27. The Labute approximate surface area is 127 Å². The molecule has 1 aromatic carbocycles. The number of nitrogens with zero attached hydrogens (tertiary/aromatic N) is 1. The maximum Gasteiger partial charge on any atom is 0.246 e. The van der Waals surface area contributed by atoms with E-state index in [0.29, 0.717) is 30.4 Å². The van der Waals surface area contributed by atoms with Gasteiger partial charge >= 0.3 is 0 Å². The van der Waals surface area contributed by atoms with E-state index in [1.165, 1.54) is 13.2 Å². The minimum atomic E-state index is -3.54. The fourth-order valence-corrected chi connectivity index (χ4v) is 4.33. The van der Waals surface area contributed by atoms with Gasteiger partial charge in [-0.3, -0.25) is 0 Å². The summed E-state index contributed by atoms with van der Waals surface area (Å²) in [6, 6.07) is 4.66. The average Bonchev–Trinajstić information content (AvgIpc) is 2.88. The second-order valence-electron chi connectivity index (χ2n) is 6.62. The maximum absolute atomic E-state index is 12.8. The van der Waals surface area contributed by atoms with Gasteiger partial charge in [-0.05, 0) is 29.9 Å². The van der Waals surface area contributed by atoms with Crippen LogP contribution in [-0.4, -0.2) is 32.9 Å². The first-order valence-corrected chi connectivity index (χ1v) is 8.54. The molecule has 0 amide bonds. The van der Waals surface area contributed by atoms with Gasteiger partial charge in [0.25, 0.3) is 0 Å². The molecule has 0 spiro atoms. The molecule has 0 aliphatic carbocycles. The number of rotatable bonds is 3. The predicted molar refractivity (Wildman–Crippen MR) is 83.7 cm³/mol. The third kappa shape index (κ3) is 3.16. The Bertz CT molecular complexity index is 620. The topological polar surface area (TPSA) is 72.6 Å². The van der Waals surface area contributed by atoms with Gasteiger partial charge < -0.3 is 10.5 Å². The maximum atomic E-state index is 12.8. The third-order valence-electron chi connectivity index (χ3n) is 4.18. The molecule has 1 atom stereocenters. The molecular weight excluding hydrogens is 288 g/mol. The smallest absolute Gasteiger partial charge is 0.246 e. The zero-order valence-corrected chi connectivity index (χ0v) is 13.9. The van der Waals surface area contributed by atoms with Crippen LogP contribution in [0.25, 0.3) is 0 Å². The van der Waals surface area contributed by atoms with Crippen LogP contribution in [0.3, 0.4) is 0 Å². The zero-order chi connectivity index (χ0) is 15.8. The fourth-order valence-electron chi connectivity index (χ4n) is 2.69. The van der Waals surface area contributed by atoms with Crippen molar-refractivity contribution in [3.8, 4) is 5.75 Å². The number of hydrogen-bond donors (Lipinski definition) is 1. The summed E-state index contributed by atoms with van der Waals surface area (Å²) in [5, 5.41) is 0. The molecule has 0 radical (unpaired) electrons. The van der Waals surface area contributed by atoms with E-state index in [9.17, 15) is 8.42 Å². The molecule has 118 valence electrons. The van der Waals surface area contributed by atoms with Gasteiger partial charge in [0.15, 0.2) is 0 Å². The van der Waals surface area contributed by atoms with Crippen LogP contribution in [0.15, 0.2) is 23.1 Å². The number of methoxy groups -OCH3 is 1. The molecule has 1 unspecified atom stereocenters. The lowest BCUT2D eigenvalue weighted by Crippen LogP contribution is -2.31. The standard InChI is InChI=1S/C15H24N2O3S/c1-15(2,3)11-7-8-17(10-11)21(18,19)14-6-5-12(16)9-13(14)20-4/h5-6,9,11H,7-8,10,16H2,1-4H3. The second-order valence-corrected chi connectivity index (χ2v) is 8.53. The molecule has 0 bridgehead atoms. The van der Waals surface area contributed by atoms with Crippen molar-refractivity contribution in [3.05, 3.63) is 18.2 Å². The summed E-state index contributed by atoms with van der Waals surface area (Å²) in [4.78, 5) is 0.189. The second kappa shape index (κ2) is 5.50.